The number of rotatable bonds is 12. The maximum Gasteiger partial charge on any atom is 0.0681 e. The first-order chi connectivity index (χ1) is 23.6. The van der Waals surface area contributed by atoms with Gasteiger partial charge in [-0.3, -0.25) is 0 Å². The predicted octanol–water partition coefficient (Wildman–Crippen LogP) is 8.77. The Morgan fingerprint density at radius 3 is 0.667 bits per heavy atom. The van der Waals surface area contributed by atoms with E-state index in [0.29, 0.717) is 0 Å². The summed E-state index contributed by atoms with van der Waals surface area (Å²) in [5, 5.41) is 38.1. The normalized spacial score (nSPS) is 11.2. The van der Waals surface area contributed by atoms with E-state index in [4.69, 9.17) is 0 Å². The Kier molecular flexibility index (Phi) is 10.4. The largest absolute Gasteiger partial charge is 0.392 e. The maximum atomic E-state index is 9.53. The second kappa shape index (κ2) is 15.4. The van der Waals surface area contributed by atoms with Gasteiger partial charge in [0.2, 0.25) is 0 Å². The van der Waals surface area contributed by atoms with Crippen LogP contribution >= 0.6 is 0 Å². The Bertz CT molecular complexity index is 1680. The number of anilines is 6. The molecule has 0 aromatic heterocycles. The highest BCUT2D eigenvalue weighted by atomic mass is 16.3. The zero-order valence-corrected chi connectivity index (χ0v) is 26.5. The van der Waals surface area contributed by atoms with Crippen LogP contribution in [0.2, 0.25) is 0 Å². The standard InChI is InChI=1S/C42H38N2O4/c45-27-33-7-19-39(20-8-33)43(40-21-9-34(28-46)10-22-40)37-15-3-31(4-16-37)1-2-32-5-17-38(18-6-32)44(41-23-11-35(29-47)12-24-41)42-25-13-36(30-48)14-26-42/h1-26,45-48H,27-30H2. The van der Waals surface area contributed by atoms with Crippen molar-refractivity contribution in [3.63, 3.8) is 0 Å². The smallest absolute Gasteiger partial charge is 0.0681 e. The van der Waals surface area contributed by atoms with Crippen molar-refractivity contribution in [2.75, 3.05) is 9.80 Å². The molecule has 0 fully saturated rings. The fourth-order valence-electron chi connectivity index (χ4n) is 5.56. The number of nitrogens with zero attached hydrogens (tertiary/aromatic N) is 2. The van der Waals surface area contributed by atoms with E-state index in [-0.39, 0.29) is 26.4 Å². The molecule has 6 heteroatoms. The Balaban J connectivity index is 1.23. The summed E-state index contributed by atoms with van der Waals surface area (Å²) in [5.74, 6) is 0. The van der Waals surface area contributed by atoms with Crippen LogP contribution in [0.3, 0.4) is 0 Å². The zero-order chi connectivity index (χ0) is 33.3. The number of benzene rings is 6. The van der Waals surface area contributed by atoms with Gasteiger partial charge in [0.1, 0.15) is 0 Å². The molecule has 0 aliphatic carbocycles. The topological polar surface area (TPSA) is 87.4 Å². The molecule has 0 spiro atoms. The lowest BCUT2D eigenvalue weighted by atomic mass is 10.1. The lowest BCUT2D eigenvalue weighted by Gasteiger charge is -2.26. The molecule has 6 rings (SSSR count). The van der Waals surface area contributed by atoms with Crippen molar-refractivity contribution in [1.82, 2.24) is 0 Å². The minimum atomic E-state index is -0.00802. The van der Waals surface area contributed by atoms with Gasteiger partial charge >= 0.3 is 0 Å². The molecule has 0 unspecified atom stereocenters. The molecule has 0 amide bonds. The third-order valence-corrected chi connectivity index (χ3v) is 8.28. The molecule has 6 nitrogen and oxygen atoms in total. The summed E-state index contributed by atoms with van der Waals surface area (Å²) in [6.45, 7) is -0.0321. The van der Waals surface area contributed by atoms with E-state index in [9.17, 15) is 20.4 Å². The minimum Gasteiger partial charge on any atom is -0.392 e. The quantitative estimate of drug-likeness (QED) is 0.101. The summed E-state index contributed by atoms with van der Waals surface area (Å²) in [5.41, 5.74) is 11.4. The van der Waals surface area contributed by atoms with Crippen molar-refractivity contribution in [1.29, 1.82) is 0 Å². The molecule has 0 aliphatic rings. The number of aliphatic hydroxyl groups is 4. The predicted molar refractivity (Wildman–Crippen MR) is 195 cm³/mol. The minimum absolute atomic E-state index is 0.00802. The molecule has 0 saturated carbocycles. The molecule has 6 aromatic rings. The zero-order valence-electron chi connectivity index (χ0n) is 26.5. The van der Waals surface area contributed by atoms with Gasteiger partial charge in [-0.05, 0) is 106 Å². The van der Waals surface area contributed by atoms with Crippen LogP contribution in [0.1, 0.15) is 33.4 Å². The highest BCUT2D eigenvalue weighted by Crippen LogP contribution is 2.36. The second-order valence-electron chi connectivity index (χ2n) is 11.5. The molecular formula is C42H38N2O4. The van der Waals surface area contributed by atoms with Crippen LogP contribution in [0.15, 0.2) is 146 Å². The molecule has 0 heterocycles. The van der Waals surface area contributed by atoms with Gasteiger partial charge in [-0.1, -0.05) is 84.9 Å². The van der Waals surface area contributed by atoms with E-state index in [0.717, 1.165) is 67.5 Å². The van der Waals surface area contributed by atoms with Gasteiger partial charge in [0.25, 0.3) is 0 Å². The van der Waals surface area contributed by atoms with E-state index in [2.05, 4.69) is 70.5 Å². The first-order valence-corrected chi connectivity index (χ1v) is 15.9. The Morgan fingerprint density at radius 2 is 0.479 bits per heavy atom. The van der Waals surface area contributed by atoms with Crippen LogP contribution in [0, 0.1) is 0 Å². The van der Waals surface area contributed by atoms with Gasteiger partial charge < -0.3 is 30.2 Å². The fourth-order valence-corrected chi connectivity index (χ4v) is 5.56. The van der Waals surface area contributed by atoms with Crippen molar-refractivity contribution in [3.8, 4) is 0 Å². The lowest BCUT2D eigenvalue weighted by Crippen LogP contribution is -2.10. The van der Waals surface area contributed by atoms with E-state index < -0.39 is 0 Å². The van der Waals surface area contributed by atoms with E-state index >= 15 is 0 Å². The average Bonchev–Trinajstić information content (AvgIpc) is 3.16. The molecule has 4 N–H and O–H groups in total. The monoisotopic (exact) mass is 634 g/mol. The molecule has 0 saturated heterocycles. The Labute approximate surface area is 281 Å². The van der Waals surface area contributed by atoms with Crippen molar-refractivity contribution in [2.24, 2.45) is 0 Å². The van der Waals surface area contributed by atoms with Gasteiger partial charge in [-0.25, -0.2) is 0 Å². The highest BCUT2D eigenvalue weighted by Gasteiger charge is 2.14. The lowest BCUT2D eigenvalue weighted by molar-refractivity contribution is 0.281. The van der Waals surface area contributed by atoms with Crippen LogP contribution in [-0.2, 0) is 26.4 Å². The molecule has 0 radical (unpaired) electrons. The summed E-state index contributed by atoms with van der Waals surface area (Å²) in [4.78, 5) is 4.30. The van der Waals surface area contributed by atoms with Crippen LogP contribution in [0.25, 0.3) is 12.2 Å². The van der Waals surface area contributed by atoms with Crippen molar-refractivity contribution >= 4 is 46.3 Å². The van der Waals surface area contributed by atoms with Gasteiger partial charge in [0.15, 0.2) is 0 Å². The second-order valence-corrected chi connectivity index (χ2v) is 11.5. The molecule has 6 aromatic carbocycles. The van der Waals surface area contributed by atoms with Crippen molar-refractivity contribution < 1.29 is 20.4 Å². The molecule has 0 aliphatic heterocycles. The molecule has 240 valence electrons. The number of hydrogen-bond donors (Lipinski definition) is 4. The summed E-state index contributed by atoms with van der Waals surface area (Å²) in [6, 6.07) is 48.1. The Hall–Kier alpha value is -5.50. The third kappa shape index (κ3) is 7.55. The van der Waals surface area contributed by atoms with Crippen LogP contribution in [-0.4, -0.2) is 20.4 Å². The van der Waals surface area contributed by atoms with Gasteiger partial charge in [0, 0.05) is 34.1 Å². The van der Waals surface area contributed by atoms with E-state index in [1.165, 1.54) is 0 Å². The maximum absolute atomic E-state index is 9.53. The summed E-state index contributed by atoms with van der Waals surface area (Å²) in [6.07, 6.45) is 4.18. The fraction of sp³-hybridized carbons (Fsp3) is 0.0952. The van der Waals surface area contributed by atoms with E-state index in [1.54, 1.807) is 0 Å². The molecule has 0 atom stereocenters. The summed E-state index contributed by atoms with van der Waals surface area (Å²) >= 11 is 0. The van der Waals surface area contributed by atoms with E-state index in [1.807, 2.05) is 97.1 Å². The molecular weight excluding hydrogens is 596 g/mol. The highest BCUT2D eigenvalue weighted by molar-refractivity contribution is 5.80. The average molecular weight is 635 g/mol. The summed E-state index contributed by atoms with van der Waals surface area (Å²) in [7, 11) is 0. The van der Waals surface area contributed by atoms with Crippen molar-refractivity contribution in [3.05, 3.63) is 179 Å². The molecule has 48 heavy (non-hydrogen) atoms. The number of aliphatic hydroxyl groups excluding tert-OH is 4. The Morgan fingerprint density at radius 1 is 0.292 bits per heavy atom. The van der Waals surface area contributed by atoms with Gasteiger partial charge in [-0.15, -0.1) is 0 Å². The van der Waals surface area contributed by atoms with Crippen LogP contribution in [0.4, 0.5) is 34.1 Å². The first-order valence-electron chi connectivity index (χ1n) is 15.9. The van der Waals surface area contributed by atoms with Crippen LogP contribution in [0.5, 0.6) is 0 Å². The molecule has 0 bridgehead atoms. The van der Waals surface area contributed by atoms with Gasteiger partial charge in [0.05, 0.1) is 26.4 Å². The van der Waals surface area contributed by atoms with Gasteiger partial charge in [-0.2, -0.15) is 0 Å². The SMILES string of the molecule is OCc1ccc(N(c2ccc(C=Cc3ccc(N(c4ccc(CO)cc4)c4ccc(CO)cc4)cc3)cc2)c2ccc(CO)cc2)cc1. The first kappa shape index (κ1) is 32.4. The van der Waals surface area contributed by atoms with Crippen LogP contribution < -0.4 is 9.80 Å². The third-order valence-electron chi connectivity index (χ3n) is 8.28. The summed E-state index contributed by atoms with van der Waals surface area (Å²) < 4.78 is 0. The van der Waals surface area contributed by atoms with Crippen molar-refractivity contribution in [2.45, 2.75) is 26.4 Å². The number of hydrogen-bond acceptors (Lipinski definition) is 6.